The molecule has 0 aliphatic rings. The van der Waals surface area contributed by atoms with Gasteiger partial charge in [-0.15, -0.1) is 11.3 Å². The van der Waals surface area contributed by atoms with E-state index in [4.69, 9.17) is 22.3 Å². The van der Waals surface area contributed by atoms with Gasteiger partial charge in [0.25, 0.3) is 0 Å². The molecule has 0 saturated carbocycles. The van der Waals surface area contributed by atoms with Crippen molar-refractivity contribution in [1.29, 1.82) is 0 Å². The Morgan fingerprint density at radius 3 is 2.14 bits per heavy atom. The van der Waals surface area contributed by atoms with E-state index >= 15 is 0 Å². The van der Waals surface area contributed by atoms with Gasteiger partial charge in [-0.1, -0.05) is 121 Å². The highest BCUT2D eigenvalue weighted by Crippen LogP contribution is 2.41. The van der Waals surface area contributed by atoms with E-state index in [1.165, 1.54) is 0 Å². The summed E-state index contributed by atoms with van der Waals surface area (Å²) < 4.78 is 110. The van der Waals surface area contributed by atoms with Crippen molar-refractivity contribution in [2.75, 3.05) is 0 Å². The highest BCUT2D eigenvalue weighted by Gasteiger charge is 2.18. The third-order valence-electron chi connectivity index (χ3n) is 8.76. The summed E-state index contributed by atoms with van der Waals surface area (Å²) in [6.07, 6.45) is 0. The van der Waals surface area contributed by atoms with Gasteiger partial charge in [0.1, 0.15) is 0 Å². The summed E-state index contributed by atoms with van der Waals surface area (Å²) in [6, 6.07) is 25.9. The molecule has 0 atom stereocenters. The predicted molar refractivity (Wildman–Crippen MR) is 211 cm³/mol. The van der Waals surface area contributed by atoms with Gasteiger partial charge in [-0.3, -0.25) is 0 Å². The third kappa shape index (κ3) is 4.73. The zero-order chi connectivity index (χ0) is 43.5. The van der Waals surface area contributed by atoms with Crippen LogP contribution >= 0.6 is 11.3 Å². The molecule has 3 heterocycles. The van der Waals surface area contributed by atoms with E-state index in [2.05, 4.69) is 12.1 Å². The lowest BCUT2D eigenvalue weighted by atomic mass is 10.00. The van der Waals surface area contributed by atoms with Gasteiger partial charge in [0, 0.05) is 53.3 Å². The molecular formula is C46H29N3S. The number of rotatable bonds is 5. The molecule has 4 heteroatoms. The number of fused-ring (bicyclic) bond motifs is 6. The molecule has 0 bridgehead atoms. The van der Waals surface area contributed by atoms with Gasteiger partial charge in [-0.25, -0.2) is 9.97 Å². The lowest BCUT2D eigenvalue weighted by Gasteiger charge is -2.12. The molecule has 10 aromatic rings. The fourth-order valence-electron chi connectivity index (χ4n) is 6.49. The van der Waals surface area contributed by atoms with E-state index in [1.54, 1.807) is 11.3 Å². The molecule has 0 aliphatic heterocycles. The molecular weight excluding hydrogens is 627 g/mol. The summed E-state index contributed by atoms with van der Waals surface area (Å²) in [7, 11) is 0. The van der Waals surface area contributed by atoms with E-state index in [9.17, 15) is 4.11 Å². The topological polar surface area (TPSA) is 30.7 Å². The minimum Gasteiger partial charge on any atom is -0.309 e. The van der Waals surface area contributed by atoms with Crippen molar-refractivity contribution < 1.29 is 16.4 Å². The second kappa shape index (κ2) is 11.7. The molecule has 0 amide bonds. The number of aromatic nitrogens is 3. The number of para-hydroxylation sites is 2. The van der Waals surface area contributed by atoms with Crippen LogP contribution in [0.1, 0.15) is 16.4 Å². The molecule has 3 aromatic heterocycles. The van der Waals surface area contributed by atoms with Crippen molar-refractivity contribution >= 4 is 53.3 Å². The van der Waals surface area contributed by atoms with Gasteiger partial charge in [-0.05, 0) is 65.6 Å². The summed E-state index contributed by atoms with van der Waals surface area (Å²) in [5.74, 6) is -0.0873. The Labute approximate surface area is 310 Å². The van der Waals surface area contributed by atoms with Crippen LogP contribution in [0.15, 0.2) is 176 Å². The molecule has 0 saturated heterocycles. The number of hydrogen-bond acceptors (Lipinski definition) is 3. The van der Waals surface area contributed by atoms with Gasteiger partial charge < -0.3 is 4.57 Å². The van der Waals surface area contributed by atoms with Crippen LogP contribution in [-0.4, -0.2) is 14.5 Å². The van der Waals surface area contributed by atoms with Crippen molar-refractivity contribution in [1.82, 2.24) is 14.5 Å². The summed E-state index contributed by atoms with van der Waals surface area (Å²) in [4.78, 5) is 10.0. The fourth-order valence-corrected chi connectivity index (χ4v) is 7.71. The number of nitrogens with zero attached hydrogens (tertiary/aromatic N) is 3. The summed E-state index contributed by atoms with van der Waals surface area (Å²) in [5.41, 5.74) is 3.00. The minimum atomic E-state index is -0.708. The van der Waals surface area contributed by atoms with Crippen molar-refractivity contribution in [2.24, 2.45) is 0 Å². The fraction of sp³-hybridized carbons (Fsp3) is 0. The highest BCUT2D eigenvalue weighted by atomic mass is 32.1. The van der Waals surface area contributed by atoms with Gasteiger partial charge in [0.2, 0.25) is 0 Å². The van der Waals surface area contributed by atoms with Crippen LogP contribution in [0.2, 0.25) is 0 Å². The Morgan fingerprint density at radius 1 is 0.500 bits per heavy atom. The Hall–Kier alpha value is -6.36. The lowest BCUT2D eigenvalue weighted by Crippen LogP contribution is -1.97. The number of thiophene rings is 1. The molecule has 234 valence electrons. The SMILES string of the molecule is [2H]c1c([2H])c([2H])c(-n2c3c([2H])c([2H])c([2H])c([2H])c3c3c([2H])c(-c4nc(-c5cccc(-c6ccccc6)c5)cc(-c5cccc6c5sc5ccccc56)n4)c([2H])c([2H])c32)c([2H])c1[2H]. The third-order valence-corrected chi connectivity index (χ3v) is 9.98. The normalized spacial score (nSPS) is 15.0. The molecule has 0 spiro atoms. The van der Waals surface area contributed by atoms with Crippen LogP contribution in [0.4, 0.5) is 0 Å². The number of benzene rings is 7. The van der Waals surface area contributed by atoms with E-state index in [0.29, 0.717) is 17.0 Å². The lowest BCUT2D eigenvalue weighted by molar-refractivity contribution is 1.17. The second-order valence-electron chi connectivity index (χ2n) is 11.7. The minimum absolute atomic E-state index is 0.0873. The molecule has 7 aromatic carbocycles. The first-order valence-electron chi connectivity index (χ1n) is 21.9. The van der Waals surface area contributed by atoms with Crippen LogP contribution in [0.25, 0.3) is 92.7 Å². The van der Waals surface area contributed by atoms with Crippen LogP contribution < -0.4 is 0 Å². The largest absolute Gasteiger partial charge is 0.309 e. The molecule has 0 unspecified atom stereocenters. The van der Waals surface area contributed by atoms with Crippen molar-refractivity contribution in [3.8, 4) is 50.7 Å². The molecule has 50 heavy (non-hydrogen) atoms. The Kier molecular flexibility index (Phi) is 4.43. The van der Waals surface area contributed by atoms with Crippen molar-refractivity contribution in [2.45, 2.75) is 0 Å². The molecule has 0 fully saturated rings. The molecule has 0 radical (unpaired) electrons. The zero-order valence-electron chi connectivity index (χ0n) is 38.1. The Morgan fingerprint density at radius 2 is 1.22 bits per heavy atom. The summed E-state index contributed by atoms with van der Waals surface area (Å²) in [5, 5.41) is 1.68. The Balaban J connectivity index is 1.33. The molecule has 0 N–H and O–H groups in total. The predicted octanol–water partition coefficient (Wildman–Crippen LogP) is 12.6. The van der Waals surface area contributed by atoms with Gasteiger partial charge in [-0.2, -0.15) is 0 Å². The van der Waals surface area contributed by atoms with E-state index in [0.717, 1.165) is 41.4 Å². The summed E-state index contributed by atoms with van der Waals surface area (Å²) >= 11 is 1.60. The van der Waals surface area contributed by atoms with Gasteiger partial charge in [0.15, 0.2) is 5.82 Å². The Bertz CT molecular complexity index is 3540. The maximum Gasteiger partial charge on any atom is 0.160 e. The second-order valence-corrected chi connectivity index (χ2v) is 12.7. The smallest absolute Gasteiger partial charge is 0.160 e. The van der Waals surface area contributed by atoms with Crippen LogP contribution in [0, 0.1) is 0 Å². The van der Waals surface area contributed by atoms with Crippen LogP contribution in [0.3, 0.4) is 0 Å². The van der Waals surface area contributed by atoms with Crippen LogP contribution in [0.5, 0.6) is 0 Å². The average Bonchev–Trinajstić information content (AvgIpc) is 3.86. The van der Waals surface area contributed by atoms with E-state index in [-0.39, 0.29) is 33.2 Å². The van der Waals surface area contributed by atoms with E-state index < -0.39 is 78.2 Å². The van der Waals surface area contributed by atoms with Crippen LogP contribution in [-0.2, 0) is 0 Å². The monoisotopic (exact) mass is 667 g/mol. The first kappa shape index (κ1) is 19.0. The average molecular weight is 668 g/mol. The molecule has 3 nitrogen and oxygen atoms in total. The number of hydrogen-bond donors (Lipinski definition) is 0. The first-order chi connectivity index (χ1) is 29.8. The first-order valence-corrected chi connectivity index (χ1v) is 16.7. The molecule has 10 rings (SSSR count). The van der Waals surface area contributed by atoms with E-state index in [1.807, 2.05) is 91.0 Å². The van der Waals surface area contributed by atoms with Gasteiger partial charge >= 0.3 is 0 Å². The highest BCUT2D eigenvalue weighted by molar-refractivity contribution is 7.26. The standard InChI is InChI=1S/C46H29N3S/c1-3-13-30(14-4-1)31-15-11-16-32(27-31)40-29-41(38-22-12-21-37-36-20-8-10-24-44(36)50-45(37)38)48-46(47-40)33-25-26-43-39(28-33)35-19-7-9-23-42(35)49(43)34-17-5-2-6-18-34/h1-29H/i2D,5D,6D,7D,9D,17D,18D,19D,23D,25D,26D,28D. The van der Waals surface area contributed by atoms with Gasteiger partial charge in [0.05, 0.1) is 38.9 Å². The maximum atomic E-state index is 9.85. The summed E-state index contributed by atoms with van der Waals surface area (Å²) in [6.45, 7) is 0. The van der Waals surface area contributed by atoms with Crippen molar-refractivity contribution in [3.63, 3.8) is 0 Å². The zero-order valence-corrected chi connectivity index (χ0v) is 26.9. The maximum absolute atomic E-state index is 9.85. The van der Waals surface area contributed by atoms with Crippen molar-refractivity contribution in [3.05, 3.63) is 176 Å². The quantitative estimate of drug-likeness (QED) is 0.183. The molecule has 0 aliphatic carbocycles.